The predicted molar refractivity (Wildman–Crippen MR) is 99.6 cm³/mol. The highest BCUT2D eigenvalue weighted by atomic mass is 19.1. The number of benzene rings is 1. The van der Waals surface area contributed by atoms with Gasteiger partial charge in [-0.15, -0.1) is 0 Å². The lowest BCUT2D eigenvalue weighted by molar-refractivity contribution is 0.0664. The van der Waals surface area contributed by atoms with E-state index in [-0.39, 0.29) is 23.4 Å². The summed E-state index contributed by atoms with van der Waals surface area (Å²) in [6, 6.07) is 11.9. The van der Waals surface area contributed by atoms with E-state index in [2.05, 4.69) is 15.8 Å². The molecule has 1 aromatic carbocycles. The third-order valence-electron chi connectivity index (χ3n) is 5.21. The molecular weight excluding hydrogens is 345 g/mol. The van der Waals surface area contributed by atoms with Crippen LogP contribution in [0, 0.1) is 5.82 Å². The normalized spacial score (nSPS) is 17.7. The molecule has 1 amide bonds. The Labute approximate surface area is 157 Å². The van der Waals surface area contributed by atoms with Crippen molar-refractivity contribution in [1.29, 1.82) is 0 Å². The van der Waals surface area contributed by atoms with Crippen LogP contribution in [0.1, 0.15) is 47.9 Å². The van der Waals surface area contributed by atoms with Gasteiger partial charge in [-0.05, 0) is 37.1 Å². The lowest BCUT2D eigenvalue weighted by atomic mass is 10.1. The zero-order valence-electron chi connectivity index (χ0n) is 15.3. The molecule has 1 aliphatic rings. The second kappa shape index (κ2) is 7.39. The Morgan fingerprint density at radius 3 is 2.81 bits per heavy atom. The Morgan fingerprint density at radius 2 is 2.04 bits per heavy atom. The number of aryl methyl sites for hydroxylation is 1. The van der Waals surface area contributed by atoms with Crippen LogP contribution in [0.2, 0.25) is 0 Å². The molecule has 1 atom stereocenters. The van der Waals surface area contributed by atoms with Gasteiger partial charge in [-0.3, -0.25) is 4.79 Å². The van der Waals surface area contributed by atoms with Crippen molar-refractivity contribution in [2.75, 3.05) is 6.54 Å². The minimum atomic E-state index is -0.399. The molecule has 0 N–H and O–H groups in total. The molecule has 5 nitrogen and oxygen atoms in total. The average molecular weight is 367 g/mol. The molecule has 4 rings (SSSR count). The summed E-state index contributed by atoms with van der Waals surface area (Å²) in [6.07, 6.45) is 6.06. The quantitative estimate of drug-likeness (QED) is 0.681. The second-order valence-electron chi connectivity index (χ2n) is 6.96. The molecule has 1 unspecified atom stereocenters. The van der Waals surface area contributed by atoms with E-state index >= 15 is 0 Å². The molecule has 6 heteroatoms. The van der Waals surface area contributed by atoms with Gasteiger partial charge >= 0.3 is 0 Å². The molecule has 3 aromatic rings. The smallest absolute Gasteiger partial charge is 0.276 e. The molecule has 27 heavy (non-hydrogen) atoms. The molecule has 3 heterocycles. The first-order chi connectivity index (χ1) is 13.1. The Morgan fingerprint density at radius 1 is 1.19 bits per heavy atom. The Kier molecular flexibility index (Phi) is 4.79. The van der Waals surface area contributed by atoms with Gasteiger partial charge in [0.05, 0.1) is 11.6 Å². The molecule has 1 aliphatic heterocycles. The van der Waals surface area contributed by atoms with Crippen molar-refractivity contribution in [2.24, 2.45) is 7.05 Å². The summed E-state index contributed by atoms with van der Waals surface area (Å²) < 4.78 is 21.3. The number of nitrogens with zero attached hydrogens (tertiary/aromatic N) is 3. The minimum absolute atomic E-state index is 0.00797. The lowest BCUT2D eigenvalue weighted by Gasteiger charge is -2.30. The Bertz CT molecular complexity index is 946. The molecule has 1 saturated heterocycles. The number of rotatable bonds is 3. The summed E-state index contributed by atoms with van der Waals surface area (Å²) >= 11 is 0. The fourth-order valence-electron chi connectivity index (χ4n) is 3.79. The van der Waals surface area contributed by atoms with Crippen LogP contribution in [-0.4, -0.2) is 27.1 Å². The topological polar surface area (TPSA) is 51.3 Å². The maximum Gasteiger partial charge on any atom is 0.276 e. The molecule has 140 valence electrons. The monoisotopic (exact) mass is 367 g/mol. The Hall–Kier alpha value is -2.89. The van der Waals surface area contributed by atoms with Gasteiger partial charge in [-0.1, -0.05) is 30.1 Å². The van der Waals surface area contributed by atoms with Crippen LogP contribution in [0.5, 0.6) is 0 Å². The van der Waals surface area contributed by atoms with Gasteiger partial charge in [-0.2, -0.15) is 0 Å². The van der Waals surface area contributed by atoms with Crippen LogP contribution in [-0.2, 0) is 7.05 Å². The van der Waals surface area contributed by atoms with Gasteiger partial charge in [0, 0.05) is 31.5 Å². The Balaban J connectivity index is 1.64. The van der Waals surface area contributed by atoms with Crippen molar-refractivity contribution >= 4 is 5.91 Å². The van der Waals surface area contributed by atoms with Gasteiger partial charge in [0.1, 0.15) is 5.82 Å². The van der Waals surface area contributed by atoms with E-state index in [1.165, 1.54) is 12.1 Å². The molecule has 1 fully saturated rings. The van der Waals surface area contributed by atoms with Gasteiger partial charge in [0.15, 0.2) is 11.5 Å². The summed E-state index contributed by atoms with van der Waals surface area (Å²) in [5.74, 6) is -0.305. The lowest BCUT2D eigenvalue weighted by Crippen LogP contribution is -2.35. The molecule has 2 aromatic heterocycles. The number of hydrogen-bond donors (Lipinski definition) is 0. The third-order valence-corrected chi connectivity index (χ3v) is 5.21. The van der Waals surface area contributed by atoms with Crippen molar-refractivity contribution in [3.63, 3.8) is 0 Å². The predicted octanol–water partition coefficient (Wildman–Crippen LogP) is 4.58. The van der Waals surface area contributed by atoms with Crippen LogP contribution < -0.4 is 0 Å². The number of halogens is 1. The van der Waals surface area contributed by atoms with Crippen LogP contribution >= 0.6 is 0 Å². The van der Waals surface area contributed by atoms with Gasteiger partial charge in [0.25, 0.3) is 5.91 Å². The third kappa shape index (κ3) is 3.39. The van der Waals surface area contributed by atoms with E-state index in [9.17, 15) is 9.18 Å². The summed E-state index contributed by atoms with van der Waals surface area (Å²) in [7, 11) is 2.00. The van der Waals surface area contributed by atoms with Gasteiger partial charge < -0.3 is 14.0 Å². The summed E-state index contributed by atoms with van der Waals surface area (Å²) in [4.78, 5) is 15.1. The summed E-state index contributed by atoms with van der Waals surface area (Å²) in [6.45, 7) is 0.677. The molecular formula is C21H22FN3O2. The van der Waals surface area contributed by atoms with E-state index < -0.39 is 5.82 Å². The number of amides is 1. The number of carbonyl (C=O) groups excluding carboxylic acids is 1. The number of likely N-dealkylation sites (tertiary alicyclic amines) is 1. The van der Waals surface area contributed by atoms with Crippen LogP contribution in [0.3, 0.4) is 0 Å². The second-order valence-corrected chi connectivity index (χ2v) is 6.96. The maximum absolute atomic E-state index is 14.0. The van der Waals surface area contributed by atoms with Crippen molar-refractivity contribution in [1.82, 2.24) is 14.6 Å². The van der Waals surface area contributed by atoms with Crippen molar-refractivity contribution < 1.29 is 13.7 Å². The molecule has 0 spiro atoms. The number of aromatic nitrogens is 2. The van der Waals surface area contributed by atoms with Crippen LogP contribution in [0.25, 0.3) is 11.3 Å². The first-order valence-electron chi connectivity index (χ1n) is 9.29. The van der Waals surface area contributed by atoms with Gasteiger partial charge in [-0.25, -0.2) is 4.39 Å². The van der Waals surface area contributed by atoms with E-state index in [0.717, 1.165) is 31.4 Å². The number of carbonyl (C=O) groups is 1. The highest BCUT2D eigenvalue weighted by Crippen LogP contribution is 2.32. The SMILES string of the molecule is Cn1cccc1C1CCCCCN1C(=O)c1cc(-c2ccccc2F)on1. The summed E-state index contributed by atoms with van der Waals surface area (Å²) in [5, 5.41) is 3.94. The highest BCUT2D eigenvalue weighted by molar-refractivity contribution is 5.93. The largest absolute Gasteiger partial charge is 0.355 e. The van der Waals surface area contributed by atoms with E-state index in [1.54, 1.807) is 18.2 Å². The molecule has 0 bridgehead atoms. The first kappa shape index (κ1) is 17.5. The minimum Gasteiger partial charge on any atom is -0.355 e. The average Bonchev–Trinajstić information content (AvgIpc) is 3.25. The standard InChI is InChI=1S/C21H22FN3O2/c1-24-12-7-11-18(24)19-10-3-2-6-13-25(19)21(26)17-14-20(27-23-17)15-8-4-5-9-16(15)22/h4-5,7-9,11-12,14,19H,2-3,6,10,13H2,1H3. The van der Waals surface area contributed by atoms with E-state index in [1.807, 2.05) is 24.2 Å². The zero-order chi connectivity index (χ0) is 18.8. The van der Waals surface area contributed by atoms with E-state index in [4.69, 9.17) is 4.52 Å². The fraction of sp³-hybridized carbons (Fsp3) is 0.333. The van der Waals surface area contributed by atoms with Crippen molar-refractivity contribution in [3.8, 4) is 11.3 Å². The van der Waals surface area contributed by atoms with Crippen LogP contribution in [0.4, 0.5) is 4.39 Å². The van der Waals surface area contributed by atoms with E-state index in [0.29, 0.717) is 12.1 Å². The molecule has 0 aliphatic carbocycles. The van der Waals surface area contributed by atoms with Crippen LogP contribution in [0.15, 0.2) is 53.2 Å². The highest BCUT2D eigenvalue weighted by Gasteiger charge is 2.30. The zero-order valence-corrected chi connectivity index (χ0v) is 15.3. The van der Waals surface area contributed by atoms with Crippen molar-refractivity contribution in [3.05, 3.63) is 65.9 Å². The maximum atomic E-state index is 14.0. The molecule has 0 radical (unpaired) electrons. The molecule has 0 saturated carbocycles. The fourth-order valence-corrected chi connectivity index (χ4v) is 3.79. The number of hydrogen-bond acceptors (Lipinski definition) is 3. The van der Waals surface area contributed by atoms with Crippen molar-refractivity contribution in [2.45, 2.75) is 31.7 Å². The van der Waals surface area contributed by atoms with Gasteiger partial charge in [0.2, 0.25) is 0 Å². The first-order valence-corrected chi connectivity index (χ1v) is 9.29. The summed E-state index contributed by atoms with van der Waals surface area (Å²) in [5.41, 5.74) is 1.64.